The fraction of sp³-hybridized carbons (Fsp3) is 0.600. The van der Waals surface area contributed by atoms with Gasteiger partial charge in [0.15, 0.2) is 17.6 Å². The van der Waals surface area contributed by atoms with Crippen molar-refractivity contribution >= 4 is 23.8 Å². The smallest absolute Gasteiger partial charge is 0.312 e. The second-order valence-electron chi connectivity index (χ2n) is 11.5. The molecule has 2 amide bonds. The summed E-state index contributed by atoms with van der Waals surface area (Å²) < 4.78 is 24.5. The van der Waals surface area contributed by atoms with Crippen molar-refractivity contribution in [2.75, 3.05) is 20.2 Å². The lowest BCUT2D eigenvalue weighted by atomic mass is 9.46. The molecule has 4 aliphatic rings. The molecule has 3 aliphatic carbocycles. The maximum atomic E-state index is 13.3. The zero-order chi connectivity index (χ0) is 30.2. The van der Waals surface area contributed by atoms with Crippen LogP contribution in [-0.4, -0.2) is 78.1 Å². The molecular weight excluding hydrogens is 548 g/mol. The minimum atomic E-state index is -1.19. The van der Waals surface area contributed by atoms with Gasteiger partial charge in [0.05, 0.1) is 25.4 Å². The van der Waals surface area contributed by atoms with Crippen LogP contribution < -0.4 is 20.1 Å². The highest BCUT2D eigenvalue weighted by Crippen LogP contribution is 2.68. The summed E-state index contributed by atoms with van der Waals surface area (Å²) in [5.41, 5.74) is 0.218. The second-order valence-corrected chi connectivity index (χ2v) is 11.5. The van der Waals surface area contributed by atoms with E-state index in [1.54, 1.807) is 13.2 Å². The number of aliphatic hydroxyl groups is 2. The van der Waals surface area contributed by atoms with E-state index in [-0.39, 0.29) is 31.8 Å². The third-order valence-corrected chi connectivity index (χ3v) is 8.97. The van der Waals surface area contributed by atoms with E-state index in [0.29, 0.717) is 36.5 Å². The Labute approximate surface area is 243 Å². The molecule has 228 valence electrons. The van der Waals surface area contributed by atoms with Gasteiger partial charge in [-0.1, -0.05) is 12.5 Å². The Bertz CT molecular complexity index is 1310. The van der Waals surface area contributed by atoms with Crippen molar-refractivity contribution in [2.45, 2.75) is 88.1 Å². The van der Waals surface area contributed by atoms with Crippen LogP contribution in [0.5, 0.6) is 11.5 Å². The Morgan fingerprint density at radius 2 is 1.71 bits per heavy atom. The van der Waals surface area contributed by atoms with Crippen LogP contribution in [0.25, 0.3) is 0 Å². The molecule has 1 aliphatic heterocycles. The van der Waals surface area contributed by atoms with Gasteiger partial charge >= 0.3 is 11.9 Å². The molecule has 4 N–H and O–H groups in total. The molecule has 1 heterocycles. The molecule has 2 bridgehead atoms. The third kappa shape index (κ3) is 4.90. The van der Waals surface area contributed by atoms with E-state index in [1.165, 1.54) is 13.8 Å². The number of methoxy groups -OCH3 is 1. The molecular formula is C30H38N2O10. The van der Waals surface area contributed by atoms with Crippen LogP contribution in [0.4, 0.5) is 0 Å². The number of hydrogen-bond donors (Lipinski definition) is 4. The predicted octanol–water partition coefficient (Wildman–Crippen LogP) is 0.937. The predicted molar refractivity (Wildman–Crippen MR) is 146 cm³/mol. The van der Waals surface area contributed by atoms with Crippen molar-refractivity contribution in [2.24, 2.45) is 5.92 Å². The molecule has 0 saturated heterocycles. The summed E-state index contributed by atoms with van der Waals surface area (Å²) in [4.78, 5) is 49.6. The van der Waals surface area contributed by atoms with Crippen molar-refractivity contribution in [1.82, 2.24) is 10.6 Å². The summed E-state index contributed by atoms with van der Waals surface area (Å²) in [6.07, 6.45) is 1.77. The Kier molecular flexibility index (Phi) is 8.21. The number of benzene rings is 1. The van der Waals surface area contributed by atoms with Crippen LogP contribution in [0.15, 0.2) is 24.0 Å². The Morgan fingerprint density at radius 1 is 1.05 bits per heavy atom. The average molecular weight is 587 g/mol. The van der Waals surface area contributed by atoms with Crippen LogP contribution in [0.2, 0.25) is 0 Å². The Hall–Kier alpha value is -3.64. The molecule has 6 atom stereocenters. The van der Waals surface area contributed by atoms with Crippen LogP contribution >= 0.6 is 0 Å². The highest BCUT2D eigenvalue weighted by atomic mass is 16.6. The zero-order valence-corrected chi connectivity index (χ0v) is 24.1. The van der Waals surface area contributed by atoms with Gasteiger partial charge in [-0.3, -0.25) is 19.2 Å². The Balaban J connectivity index is 1.45. The zero-order valence-electron chi connectivity index (χ0n) is 24.1. The molecule has 1 saturated carbocycles. The van der Waals surface area contributed by atoms with Crippen LogP contribution in [0, 0.1) is 5.92 Å². The minimum absolute atomic E-state index is 0.0000675. The quantitative estimate of drug-likeness (QED) is 0.274. The van der Waals surface area contributed by atoms with Crippen molar-refractivity contribution in [3.05, 3.63) is 35.1 Å². The number of carbonyl (C=O) groups is 4. The van der Waals surface area contributed by atoms with E-state index in [4.69, 9.17) is 18.9 Å². The number of carbonyl (C=O) groups excluding carboxylic acids is 4. The van der Waals surface area contributed by atoms with Crippen molar-refractivity contribution in [3.63, 3.8) is 0 Å². The van der Waals surface area contributed by atoms with Crippen LogP contribution in [0.1, 0.15) is 63.5 Å². The van der Waals surface area contributed by atoms with Gasteiger partial charge in [0.25, 0.3) is 0 Å². The SMILES string of the molecule is COc1ccc2c3c1O[C@@H]1C(OC(=O)CCNC(=O)[C@H](C)O)=CC[C@]4(OC(=O)CCNC(=O)[C@H](C)O)[C@@H](CCC[C@@]314)C2. The number of nitrogens with one attached hydrogen (secondary N) is 2. The van der Waals surface area contributed by atoms with Gasteiger partial charge in [0.1, 0.15) is 23.6 Å². The Morgan fingerprint density at radius 3 is 2.36 bits per heavy atom. The van der Waals surface area contributed by atoms with E-state index in [9.17, 15) is 29.4 Å². The fourth-order valence-corrected chi connectivity index (χ4v) is 7.18. The summed E-state index contributed by atoms with van der Waals surface area (Å²) in [5, 5.41) is 23.8. The van der Waals surface area contributed by atoms with E-state index in [1.807, 2.05) is 12.1 Å². The van der Waals surface area contributed by atoms with Crippen LogP contribution in [0.3, 0.4) is 0 Å². The molecule has 0 aromatic heterocycles. The van der Waals surface area contributed by atoms with Crippen molar-refractivity contribution in [3.8, 4) is 11.5 Å². The summed E-state index contributed by atoms with van der Waals surface area (Å²) >= 11 is 0. The molecule has 1 fully saturated rings. The summed E-state index contributed by atoms with van der Waals surface area (Å²) in [5.74, 6) is -0.798. The first-order chi connectivity index (χ1) is 20.0. The largest absolute Gasteiger partial charge is 0.493 e. The summed E-state index contributed by atoms with van der Waals surface area (Å²) in [7, 11) is 1.56. The highest BCUT2D eigenvalue weighted by molar-refractivity contribution is 5.81. The van der Waals surface area contributed by atoms with Gasteiger partial charge < -0.3 is 39.8 Å². The van der Waals surface area contributed by atoms with Crippen LogP contribution in [-0.2, 0) is 40.5 Å². The lowest BCUT2D eigenvalue weighted by Crippen LogP contribution is -2.69. The highest BCUT2D eigenvalue weighted by Gasteiger charge is 2.73. The first-order valence-electron chi connectivity index (χ1n) is 14.4. The number of amides is 2. The standard InChI is InChI=1S/C30H38N2O10/c1-16(33)27(37)31-13-9-22(35)40-21-8-12-30(42-23(36)10-14-32-28(38)17(2)34)19-5-4-11-29(30)24-18(15-19)6-7-20(39-3)25(24)41-26(21)29/h6-8,16-17,19,26,33-34H,4-5,9-15H2,1-3H3,(H,31,37)(H,32,38)/t16-,17-,19-,26+,29+,30-/m0/s1. The first-order valence-corrected chi connectivity index (χ1v) is 14.4. The van der Waals surface area contributed by atoms with Gasteiger partial charge in [0, 0.05) is 31.0 Å². The molecule has 42 heavy (non-hydrogen) atoms. The molecule has 1 aromatic rings. The number of rotatable bonds is 11. The minimum Gasteiger partial charge on any atom is -0.493 e. The van der Waals surface area contributed by atoms with Crippen molar-refractivity contribution in [1.29, 1.82) is 0 Å². The maximum absolute atomic E-state index is 13.3. The van der Waals surface area contributed by atoms with E-state index < -0.39 is 53.1 Å². The summed E-state index contributed by atoms with van der Waals surface area (Å²) in [6, 6.07) is 3.89. The normalized spacial score (nSPS) is 27.8. The maximum Gasteiger partial charge on any atom is 0.312 e. The first kappa shape index (κ1) is 29.8. The average Bonchev–Trinajstić information content (AvgIpc) is 3.29. The fourth-order valence-electron chi connectivity index (χ4n) is 7.18. The van der Waals surface area contributed by atoms with Gasteiger partial charge in [-0.05, 0) is 50.8 Å². The number of ether oxygens (including phenoxy) is 4. The van der Waals surface area contributed by atoms with E-state index >= 15 is 0 Å². The number of esters is 2. The lowest BCUT2D eigenvalue weighted by Gasteiger charge is -2.60. The van der Waals surface area contributed by atoms with Gasteiger partial charge in [-0.15, -0.1) is 0 Å². The molecule has 0 unspecified atom stereocenters. The third-order valence-electron chi connectivity index (χ3n) is 8.97. The second kappa shape index (κ2) is 11.6. The molecule has 12 heteroatoms. The topological polar surface area (TPSA) is 170 Å². The molecule has 5 rings (SSSR count). The van der Waals surface area contributed by atoms with Gasteiger partial charge in [0.2, 0.25) is 11.8 Å². The molecule has 1 spiro atoms. The van der Waals surface area contributed by atoms with E-state index in [2.05, 4.69) is 10.6 Å². The number of hydrogen-bond acceptors (Lipinski definition) is 10. The van der Waals surface area contributed by atoms with Crippen molar-refractivity contribution < 1.29 is 48.3 Å². The lowest BCUT2D eigenvalue weighted by molar-refractivity contribution is -0.200. The van der Waals surface area contributed by atoms with E-state index in [0.717, 1.165) is 24.0 Å². The monoisotopic (exact) mass is 586 g/mol. The molecule has 0 radical (unpaired) electrons. The molecule has 1 aromatic carbocycles. The molecule has 12 nitrogen and oxygen atoms in total. The summed E-state index contributed by atoms with van der Waals surface area (Å²) in [6.45, 7) is 2.71. The van der Waals surface area contributed by atoms with Gasteiger partial charge in [-0.2, -0.15) is 0 Å². The number of aliphatic hydroxyl groups excluding tert-OH is 2. The van der Waals surface area contributed by atoms with Gasteiger partial charge in [-0.25, -0.2) is 0 Å².